The Morgan fingerprint density at radius 3 is 2.61 bits per heavy atom. The summed E-state index contributed by atoms with van der Waals surface area (Å²) in [6.45, 7) is 16.3. The summed E-state index contributed by atoms with van der Waals surface area (Å²) in [6.07, 6.45) is 13.3. The summed E-state index contributed by atoms with van der Waals surface area (Å²) >= 11 is 0. The average molecular weight is 503 g/mol. The molecule has 1 saturated carbocycles. The van der Waals surface area contributed by atoms with Crippen molar-refractivity contribution in [1.82, 2.24) is 10.2 Å². The molecule has 0 bridgehead atoms. The normalized spacial score (nSPS) is 32.4. The Bertz CT molecular complexity index is 827. The van der Waals surface area contributed by atoms with E-state index in [0.29, 0.717) is 39.6 Å². The summed E-state index contributed by atoms with van der Waals surface area (Å²) in [4.78, 5) is 28.1. The Morgan fingerprint density at radius 2 is 1.97 bits per heavy atom. The maximum absolute atomic E-state index is 13.2. The lowest BCUT2D eigenvalue weighted by molar-refractivity contribution is -0.842. The summed E-state index contributed by atoms with van der Waals surface area (Å²) in [6, 6.07) is 0.469. The van der Waals surface area contributed by atoms with E-state index < -0.39 is 0 Å². The number of likely N-dealkylation sites (tertiary alicyclic amines) is 1. The van der Waals surface area contributed by atoms with Crippen molar-refractivity contribution >= 4 is 18.7 Å². The third-order valence-electron chi connectivity index (χ3n) is 9.89. The van der Waals surface area contributed by atoms with Gasteiger partial charge in [0.2, 0.25) is 0 Å². The van der Waals surface area contributed by atoms with E-state index in [-0.39, 0.29) is 6.03 Å². The van der Waals surface area contributed by atoms with E-state index in [0.717, 1.165) is 58.3 Å². The number of nitrogens with one attached hydrogen (secondary N) is 1. The van der Waals surface area contributed by atoms with E-state index in [1.807, 2.05) is 11.9 Å². The second-order valence-electron chi connectivity index (χ2n) is 12.7. The molecule has 36 heavy (non-hydrogen) atoms. The molecule has 1 aliphatic carbocycles. The summed E-state index contributed by atoms with van der Waals surface area (Å²) in [5.74, 6) is 2.06. The smallest absolute Gasteiger partial charge is 0.388 e. The second kappa shape index (κ2) is 12.2. The largest absolute Gasteiger partial charge is 0.492 e. The number of quaternary nitrogens is 1. The number of rotatable bonds is 11. The van der Waals surface area contributed by atoms with Gasteiger partial charge in [0, 0.05) is 30.7 Å². The van der Waals surface area contributed by atoms with Crippen molar-refractivity contribution in [1.29, 1.82) is 0 Å². The Labute approximate surface area is 220 Å². The first-order chi connectivity index (χ1) is 17.0. The summed E-state index contributed by atoms with van der Waals surface area (Å²) in [5.41, 5.74) is 1.64. The van der Waals surface area contributed by atoms with E-state index in [2.05, 4.69) is 53.0 Å². The number of carbonyl (C=O) groups is 2. The van der Waals surface area contributed by atoms with Crippen LogP contribution in [0.25, 0.3) is 0 Å². The van der Waals surface area contributed by atoms with Gasteiger partial charge in [0.15, 0.2) is 0 Å². The highest BCUT2D eigenvalue weighted by atomic mass is 16.2. The lowest BCUT2D eigenvalue weighted by atomic mass is 9.88. The molecule has 0 aromatic carbocycles. The molecule has 4 atom stereocenters. The molecule has 204 valence electrons. The third kappa shape index (κ3) is 6.99. The van der Waals surface area contributed by atoms with Crippen LogP contribution >= 0.6 is 0 Å². The summed E-state index contributed by atoms with van der Waals surface area (Å²) in [5, 5.41) is 3.38. The number of hydrogen-bond donors (Lipinski definition) is 1. The van der Waals surface area contributed by atoms with Crippen LogP contribution in [-0.2, 0) is 4.79 Å². The number of piperidine rings is 1. The molecular weight excluding hydrogens is 448 g/mol. The Kier molecular flexibility index (Phi) is 9.81. The first-order valence-electron chi connectivity index (χ1n) is 14.7. The maximum atomic E-state index is 13.2. The van der Waals surface area contributed by atoms with Crippen LogP contribution in [0.3, 0.4) is 0 Å². The van der Waals surface area contributed by atoms with Crippen LogP contribution in [0, 0.1) is 23.2 Å². The first-order valence-corrected chi connectivity index (χ1v) is 14.7. The molecule has 3 aliphatic rings. The summed E-state index contributed by atoms with van der Waals surface area (Å²) in [7, 11) is 4.06. The quantitative estimate of drug-likeness (QED) is 0.233. The number of urea groups is 1. The van der Waals surface area contributed by atoms with Crippen molar-refractivity contribution in [3.8, 4) is 0 Å². The molecule has 1 N–H and O–H groups in total. The van der Waals surface area contributed by atoms with Crippen molar-refractivity contribution in [2.45, 2.75) is 97.9 Å². The fourth-order valence-electron chi connectivity index (χ4n) is 6.66. The highest BCUT2D eigenvalue weighted by molar-refractivity contribution is 5.69. The van der Waals surface area contributed by atoms with E-state index in [1.54, 1.807) is 4.58 Å². The fourth-order valence-corrected chi connectivity index (χ4v) is 6.66. The van der Waals surface area contributed by atoms with Crippen LogP contribution in [-0.4, -0.2) is 78.9 Å². The van der Waals surface area contributed by atoms with E-state index in [4.69, 9.17) is 0 Å². The van der Waals surface area contributed by atoms with Gasteiger partial charge < -0.3 is 5.32 Å². The van der Waals surface area contributed by atoms with Gasteiger partial charge in [-0.25, -0.2) is 14.3 Å². The Hall–Kier alpha value is -1.69. The van der Waals surface area contributed by atoms with Gasteiger partial charge in [-0.05, 0) is 50.6 Å². The SMILES string of the molecule is C=[N+](CC1CC12CC[N+](C)(C(=O)CCC(CC)CCCC)CC2)C(=O)N(C)CC1C[C@@H](C)NC=C1C. The predicted molar refractivity (Wildman–Crippen MR) is 148 cm³/mol. The topological polar surface area (TPSA) is 52.4 Å². The zero-order chi connectivity index (χ0) is 26.5. The third-order valence-corrected chi connectivity index (χ3v) is 9.89. The number of unbranched alkanes of at least 4 members (excludes halogenated alkanes) is 1. The molecule has 2 aliphatic heterocycles. The molecule has 0 aromatic rings. The molecule has 3 amide bonds. The maximum Gasteiger partial charge on any atom is 0.492 e. The Morgan fingerprint density at radius 1 is 1.28 bits per heavy atom. The lowest BCUT2D eigenvalue weighted by Gasteiger charge is -2.39. The van der Waals surface area contributed by atoms with Gasteiger partial charge in [-0.2, -0.15) is 4.79 Å². The van der Waals surface area contributed by atoms with Gasteiger partial charge in [0.05, 0.1) is 53.4 Å². The standard InChI is InChI=1S/C30H54N4O2/c1-8-10-11-25(9-2)12-13-28(35)34(7)16-14-30(15-17-34)19-27(30)22-33(6)29(36)32(5)21-26-18-24(4)31-20-23(26)3/h20,24-27,31H,6,8-19,21-22H2,1-5,7H3/q+2/t24-,25?,26?,27?,30?,34?/m1/s1. The lowest BCUT2D eigenvalue weighted by Crippen LogP contribution is -2.54. The molecule has 2 heterocycles. The highest BCUT2D eigenvalue weighted by Gasteiger charge is 2.59. The molecule has 0 aromatic heterocycles. The highest BCUT2D eigenvalue weighted by Crippen LogP contribution is 2.60. The van der Waals surface area contributed by atoms with E-state index in [9.17, 15) is 9.59 Å². The first kappa shape index (κ1) is 28.9. The molecule has 6 nitrogen and oxygen atoms in total. The molecule has 1 saturated heterocycles. The molecule has 0 radical (unpaired) electrons. The van der Waals surface area contributed by atoms with Crippen molar-refractivity contribution < 1.29 is 18.6 Å². The minimum atomic E-state index is 0.0243. The average Bonchev–Trinajstić information content (AvgIpc) is 3.53. The van der Waals surface area contributed by atoms with Gasteiger partial charge in [-0.3, -0.25) is 4.48 Å². The monoisotopic (exact) mass is 502 g/mol. The molecule has 2 fully saturated rings. The van der Waals surface area contributed by atoms with Gasteiger partial charge in [-0.15, -0.1) is 0 Å². The Balaban J connectivity index is 1.43. The predicted octanol–water partition coefficient (Wildman–Crippen LogP) is 5.42. The van der Waals surface area contributed by atoms with Crippen LogP contribution in [0.4, 0.5) is 4.79 Å². The van der Waals surface area contributed by atoms with E-state index >= 15 is 0 Å². The molecular formula is C30H54N4O2+2. The number of carbonyl (C=O) groups excluding carboxylic acids is 2. The van der Waals surface area contributed by atoms with Crippen molar-refractivity contribution in [3.05, 3.63) is 11.8 Å². The zero-order valence-electron chi connectivity index (χ0n) is 24.2. The number of nitrogens with zero attached hydrogens (tertiary/aromatic N) is 3. The summed E-state index contributed by atoms with van der Waals surface area (Å²) < 4.78 is 2.30. The second-order valence-corrected chi connectivity index (χ2v) is 12.7. The number of hydrogen-bond acceptors (Lipinski definition) is 3. The van der Waals surface area contributed by atoms with Crippen LogP contribution in [0.2, 0.25) is 0 Å². The van der Waals surface area contributed by atoms with Crippen LogP contribution < -0.4 is 5.32 Å². The van der Waals surface area contributed by atoms with Crippen LogP contribution in [0.5, 0.6) is 0 Å². The van der Waals surface area contributed by atoms with Crippen molar-refractivity contribution in [2.24, 2.45) is 23.2 Å². The van der Waals surface area contributed by atoms with Crippen LogP contribution in [0.15, 0.2) is 11.8 Å². The minimum absolute atomic E-state index is 0.0243. The number of amides is 3. The molecule has 3 unspecified atom stereocenters. The fraction of sp³-hybridized carbons (Fsp3) is 0.833. The molecule has 1 spiro atoms. The van der Waals surface area contributed by atoms with Gasteiger partial charge in [-0.1, -0.05) is 45.1 Å². The van der Waals surface area contributed by atoms with Crippen LogP contribution in [0.1, 0.15) is 91.9 Å². The molecule has 6 heteroatoms. The van der Waals surface area contributed by atoms with Crippen molar-refractivity contribution in [3.63, 3.8) is 0 Å². The van der Waals surface area contributed by atoms with Crippen molar-refractivity contribution in [2.75, 3.05) is 40.3 Å². The molecule has 3 rings (SSSR count). The van der Waals surface area contributed by atoms with Gasteiger partial charge >= 0.3 is 11.9 Å². The van der Waals surface area contributed by atoms with Gasteiger partial charge in [0.1, 0.15) is 0 Å². The minimum Gasteiger partial charge on any atom is -0.388 e. The van der Waals surface area contributed by atoms with E-state index in [1.165, 1.54) is 37.7 Å². The van der Waals surface area contributed by atoms with Gasteiger partial charge in [0.25, 0.3) is 0 Å². The zero-order valence-corrected chi connectivity index (χ0v) is 24.2.